The number of carboxylic acids is 1. The molecule has 1 aliphatic rings. The summed E-state index contributed by atoms with van der Waals surface area (Å²) in [5.41, 5.74) is 1.58. The van der Waals surface area contributed by atoms with Crippen LogP contribution < -0.4 is 31.9 Å². The molecular formula is C33H49N7O7. The maximum absolute atomic E-state index is 13.6. The molecule has 258 valence electrons. The minimum absolute atomic E-state index is 0.0252. The van der Waals surface area contributed by atoms with Crippen molar-refractivity contribution in [3.8, 4) is 0 Å². The van der Waals surface area contributed by atoms with Gasteiger partial charge in [-0.3, -0.25) is 28.8 Å². The van der Waals surface area contributed by atoms with Crippen molar-refractivity contribution in [2.45, 2.75) is 96.9 Å². The van der Waals surface area contributed by atoms with E-state index in [2.05, 4.69) is 36.9 Å². The van der Waals surface area contributed by atoms with E-state index in [-0.39, 0.29) is 36.6 Å². The van der Waals surface area contributed by atoms with E-state index in [0.29, 0.717) is 12.8 Å². The van der Waals surface area contributed by atoms with Crippen LogP contribution in [-0.4, -0.2) is 88.9 Å². The number of carbonyl (C=O) groups is 6. The molecule has 3 rings (SSSR count). The van der Waals surface area contributed by atoms with E-state index in [0.717, 1.165) is 29.4 Å². The van der Waals surface area contributed by atoms with Crippen LogP contribution in [0.4, 0.5) is 0 Å². The Kier molecular flexibility index (Phi) is 13.7. The van der Waals surface area contributed by atoms with Crippen molar-refractivity contribution < 1.29 is 33.9 Å². The summed E-state index contributed by atoms with van der Waals surface area (Å²) in [4.78, 5) is 80.2. The third kappa shape index (κ3) is 10.8. The molecule has 0 radical (unpaired) electrons. The quantitative estimate of drug-likeness (QED) is 0.121. The number of aromatic nitrogens is 1. The van der Waals surface area contributed by atoms with Crippen LogP contribution in [0.1, 0.15) is 65.9 Å². The highest BCUT2D eigenvalue weighted by atomic mass is 16.4. The van der Waals surface area contributed by atoms with E-state index in [4.69, 9.17) is 0 Å². The van der Waals surface area contributed by atoms with Gasteiger partial charge >= 0.3 is 5.97 Å². The minimum Gasteiger partial charge on any atom is -0.480 e. The van der Waals surface area contributed by atoms with Gasteiger partial charge in [-0.25, -0.2) is 0 Å². The molecule has 1 aromatic carbocycles. The number of rotatable bonds is 17. The highest BCUT2D eigenvalue weighted by molar-refractivity contribution is 5.96. The van der Waals surface area contributed by atoms with E-state index >= 15 is 0 Å². The second kappa shape index (κ2) is 17.5. The molecule has 0 bridgehead atoms. The number of para-hydroxylation sites is 1. The Morgan fingerprint density at radius 2 is 1.62 bits per heavy atom. The van der Waals surface area contributed by atoms with E-state index in [9.17, 15) is 33.9 Å². The number of fused-ring (bicyclic) bond motifs is 1. The molecule has 14 nitrogen and oxygen atoms in total. The first kappa shape index (κ1) is 37.0. The number of aromatic amines is 1. The molecule has 14 heteroatoms. The SMILES string of the molecule is CC[C@H](C)[C@H](NC(=O)[C@@H]1CCCN1)C(=O)NCC(=O)N[C@@H](CC(C)C)C(=O)N[C@@H](Cc1c[nH]c2ccccc12)C(=O)N[C@@H](C)C(=O)O. The number of carboxylic acid groups (broad SMARTS) is 1. The molecule has 2 heterocycles. The predicted octanol–water partition coefficient (Wildman–Crippen LogP) is 0.715. The smallest absolute Gasteiger partial charge is 0.325 e. The number of hydrogen-bond acceptors (Lipinski definition) is 7. The lowest BCUT2D eigenvalue weighted by Crippen LogP contribution is -2.57. The first-order chi connectivity index (χ1) is 22.3. The highest BCUT2D eigenvalue weighted by Gasteiger charge is 2.32. The minimum atomic E-state index is -1.23. The Bertz CT molecular complexity index is 1420. The average Bonchev–Trinajstić information content (AvgIpc) is 3.72. The van der Waals surface area contributed by atoms with Crippen LogP contribution in [0.3, 0.4) is 0 Å². The van der Waals surface area contributed by atoms with E-state index in [1.165, 1.54) is 6.92 Å². The Labute approximate surface area is 275 Å². The summed E-state index contributed by atoms with van der Waals surface area (Å²) in [7, 11) is 0. The molecule has 2 aromatic rings. The van der Waals surface area contributed by atoms with Crippen LogP contribution in [0.15, 0.2) is 30.5 Å². The molecule has 0 aliphatic carbocycles. The highest BCUT2D eigenvalue weighted by Crippen LogP contribution is 2.19. The summed E-state index contributed by atoms with van der Waals surface area (Å²) in [5.74, 6) is -4.15. The van der Waals surface area contributed by atoms with Crippen molar-refractivity contribution in [1.29, 1.82) is 0 Å². The predicted molar refractivity (Wildman–Crippen MR) is 176 cm³/mol. The zero-order valence-corrected chi connectivity index (χ0v) is 27.8. The molecule has 5 amide bonds. The fraction of sp³-hybridized carbons (Fsp3) is 0.576. The summed E-state index contributed by atoms with van der Waals surface area (Å²) in [6, 6.07) is 2.86. The van der Waals surface area contributed by atoms with Gasteiger partial charge in [0.15, 0.2) is 0 Å². The largest absolute Gasteiger partial charge is 0.480 e. The Morgan fingerprint density at radius 1 is 0.915 bits per heavy atom. The van der Waals surface area contributed by atoms with Gasteiger partial charge in [-0.1, -0.05) is 52.3 Å². The van der Waals surface area contributed by atoms with Gasteiger partial charge in [0.2, 0.25) is 29.5 Å². The van der Waals surface area contributed by atoms with Crippen molar-refractivity contribution in [3.05, 3.63) is 36.0 Å². The van der Waals surface area contributed by atoms with E-state index < -0.39 is 60.3 Å². The van der Waals surface area contributed by atoms with Crippen LogP contribution in [0.25, 0.3) is 10.9 Å². The molecule has 0 unspecified atom stereocenters. The molecule has 1 aromatic heterocycles. The van der Waals surface area contributed by atoms with E-state index in [1.807, 2.05) is 52.0 Å². The van der Waals surface area contributed by atoms with Crippen molar-refractivity contribution in [1.82, 2.24) is 36.9 Å². The fourth-order valence-corrected chi connectivity index (χ4v) is 5.47. The molecule has 0 saturated carbocycles. The molecule has 8 N–H and O–H groups in total. The number of nitrogens with one attached hydrogen (secondary N) is 7. The standard InChI is InChI=1S/C33H49N7O7/c1-6-19(4)28(40-29(42)24-12-9-13-34-24)32(45)36-17-27(41)38-25(14-18(2)3)31(44)39-26(30(43)37-20(5)33(46)47)15-21-16-35-23-11-8-7-10-22(21)23/h7-8,10-11,16,18-20,24-26,28,34-35H,6,9,12-15,17H2,1-5H3,(H,36,45)(H,37,43)(H,38,41)(H,39,44)(H,40,42)(H,46,47)/t19-,20-,24-,25-,26-,28-/m0/s1. The third-order valence-electron chi connectivity index (χ3n) is 8.41. The Balaban J connectivity index is 1.69. The maximum atomic E-state index is 13.6. The molecule has 6 atom stereocenters. The lowest BCUT2D eigenvalue weighted by Gasteiger charge is -2.26. The van der Waals surface area contributed by atoms with Gasteiger partial charge < -0.3 is 42.0 Å². The summed E-state index contributed by atoms with van der Waals surface area (Å²) < 4.78 is 0. The van der Waals surface area contributed by atoms with Gasteiger partial charge in [-0.2, -0.15) is 0 Å². The summed E-state index contributed by atoms with van der Waals surface area (Å²) in [6.07, 6.45) is 4.21. The second-order valence-corrected chi connectivity index (χ2v) is 12.7. The normalized spacial score (nSPS) is 17.6. The van der Waals surface area contributed by atoms with Crippen molar-refractivity contribution in [3.63, 3.8) is 0 Å². The Morgan fingerprint density at radius 3 is 2.26 bits per heavy atom. The molecule has 1 saturated heterocycles. The summed E-state index contributed by atoms with van der Waals surface area (Å²) in [5, 5.41) is 26.5. The number of H-pyrrole nitrogens is 1. The van der Waals surface area contributed by atoms with Crippen molar-refractivity contribution in [2.75, 3.05) is 13.1 Å². The van der Waals surface area contributed by atoms with Crippen LogP contribution in [0.5, 0.6) is 0 Å². The van der Waals surface area contributed by atoms with Gasteiger partial charge in [0.1, 0.15) is 24.2 Å². The number of carbonyl (C=O) groups excluding carboxylic acids is 5. The van der Waals surface area contributed by atoms with Crippen molar-refractivity contribution >= 4 is 46.4 Å². The zero-order chi connectivity index (χ0) is 34.7. The van der Waals surface area contributed by atoms with Crippen LogP contribution >= 0.6 is 0 Å². The zero-order valence-electron chi connectivity index (χ0n) is 27.8. The summed E-state index contributed by atoms with van der Waals surface area (Å²) in [6.45, 7) is 9.12. The number of benzene rings is 1. The monoisotopic (exact) mass is 655 g/mol. The molecule has 1 fully saturated rings. The van der Waals surface area contributed by atoms with Crippen LogP contribution in [0.2, 0.25) is 0 Å². The number of amides is 5. The van der Waals surface area contributed by atoms with Gasteiger partial charge in [0.05, 0.1) is 12.6 Å². The molecular weight excluding hydrogens is 606 g/mol. The molecule has 0 spiro atoms. The maximum Gasteiger partial charge on any atom is 0.325 e. The lowest BCUT2D eigenvalue weighted by atomic mass is 9.97. The van der Waals surface area contributed by atoms with Gasteiger partial charge in [-0.05, 0) is 56.2 Å². The first-order valence-electron chi connectivity index (χ1n) is 16.3. The van der Waals surface area contributed by atoms with Crippen LogP contribution in [-0.2, 0) is 35.2 Å². The fourth-order valence-electron chi connectivity index (χ4n) is 5.47. The lowest BCUT2D eigenvalue weighted by molar-refractivity contribution is -0.141. The average molecular weight is 656 g/mol. The first-order valence-corrected chi connectivity index (χ1v) is 16.3. The Hall–Kier alpha value is -4.46. The molecule has 47 heavy (non-hydrogen) atoms. The number of aliphatic carboxylic acids is 1. The van der Waals surface area contributed by atoms with E-state index in [1.54, 1.807) is 6.20 Å². The third-order valence-corrected chi connectivity index (χ3v) is 8.41. The van der Waals surface area contributed by atoms with Crippen molar-refractivity contribution in [2.24, 2.45) is 11.8 Å². The van der Waals surface area contributed by atoms with Crippen LogP contribution in [0, 0.1) is 11.8 Å². The van der Waals surface area contributed by atoms with Gasteiger partial charge in [0.25, 0.3) is 0 Å². The van der Waals surface area contributed by atoms with Gasteiger partial charge in [0, 0.05) is 23.5 Å². The van der Waals surface area contributed by atoms with Gasteiger partial charge in [-0.15, -0.1) is 0 Å². The molecule has 1 aliphatic heterocycles. The number of hydrogen-bond donors (Lipinski definition) is 8. The topological polar surface area (TPSA) is 211 Å². The second-order valence-electron chi connectivity index (χ2n) is 12.7. The summed E-state index contributed by atoms with van der Waals surface area (Å²) >= 11 is 0.